The maximum absolute atomic E-state index is 4.18. The third kappa shape index (κ3) is 1.15. The zero-order valence-corrected chi connectivity index (χ0v) is 7.53. The van der Waals surface area contributed by atoms with Gasteiger partial charge in [-0.05, 0) is 18.9 Å². The van der Waals surface area contributed by atoms with E-state index >= 15 is 0 Å². The SMILES string of the molecule is c1cc2c(cn1)N(C1CC1)CCN2. The van der Waals surface area contributed by atoms with Crippen LogP contribution < -0.4 is 10.2 Å². The van der Waals surface area contributed by atoms with Crippen molar-refractivity contribution in [1.82, 2.24) is 4.98 Å². The number of anilines is 2. The fourth-order valence-corrected chi connectivity index (χ4v) is 1.96. The third-order valence-corrected chi connectivity index (χ3v) is 2.77. The number of pyridine rings is 1. The average molecular weight is 175 g/mol. The second-order valence-electron chi connectivity index (χ2n) is 3.74. The number of aromatic nitrogens is 1. The van der Waals surface area contributed by atoms with Gasteiger partial charge in [-0.3, -0.25) is 4.98 Å². The van der Waals surface area contributed by atoms with Crippen molar-refractivity contribution < 1.29 is 0 Å². The first-order chi connectivity index (χ1) is 6.45. The summed E-state index contributed by atoms with van der Waals surface area (Å²) in [7, 11) is 0. The molecule has 0 unspecified atom stereocenters. The first-order valence-corrected chi connectivity index (χ1v) is 4.90. The van der Waals surface area contributed by atoms with E-state index in [-0.39, 0.29) is 0 Å². The van der Waals surface area contributed by atoms with E-state index in [0.29, 0.717) is 0 Å². The molecule has 0 aromatic carbocycles. The molecule has 2 aliphatic rings. The zero-order valence-electron chi connectivity index (χ0n) is 7.53. The van der Waals surface area contributed by atoms with Crippen molar-refractivity contribution in [3.05, 3.63) is 18.5 Å². The Labute approximate surface area is 77.8 Å². The number of rotatable bonds is 1. The molecule has 3 rings (SSSR count). The van der Waals surface area contributed by atoms with Gasteiger partial charge in [-0.2, -0.15) is 0 Å². The van der Waals surface area contributed by atoms with E-state index in [0.717, 1.165) is 19.1 Å². The minimum atomic E-state index is 0.796. The van der Waals surface area contributed by atoms with Gasteiger partial charge in [0.25, 0.3) is 0 Å². The number of hydrogen-bond donors (Lipinski definition) is 1. The summed E-state index contributed by atoms with van der Waals surface area (Å²) in [6.45, 7) is 2.19. The molecular formula is C10H13N3. The number of nitrogens with zero attached hydrogens (tertiary/aromatic N) is 2. The summed E-state index contributed by atoms with van der Waals surface area (Å²) in [5.41, 5.74) is 2.53. The molecule has 1 aliphatic heterocycles. The van der Waals surface area contributed by atoms with Crippen LogP contribution >= 0.6 is 0 Å². The Bertz CT molecular complexity index is 320. The lowest BCUT2D eigenvalue weighted by molar-refractivity contribution is 0.779. The molecule has 2 heterocycles. The van der Waals surface area contributed by atoms with Crippen molar-refractivity contribution in [2.24, 2.45) is 0 Å². The highest BCUT2D eigenvalue weighted by Crippen LogP contribution is 2.36. The van der Waals surface area contributed by atoms with Crippen LogP contribution in [0.2, 0.25) is 0 Å². The largest absolute Gasteiger partial charge is 0.382 e. The molecule has 1 N–H and O–H groups in total. The Kier molecular flexibility index (Phi) is 1.45. The molecule has 68 valence electrons. The molecule has 0 amide bonds. The van der Waals surface area contributed by atoms with Gasteiger partial charge in [-0.15, -0.1) is 0 Å². The van der Waals surface area contributed by atoms with Gasteiger partial charge in [0.1, 0.15) is 0 Å². The van der Waals surface area contributed by atoms with Crippen LogP contribution in [0, 0.1) is 0 Å². The van der Waals surface area contributed by atoms with Crippen molar-refractivity contribution in [3.8, 4) is 0 Å². The Hall–Kier alpha value is -1.25. The summed E-state index contributed by atoms with van der Waals surface area (Å²) in [6.07, 6.45) is 6.53. The second-order valence-corrected chi connectivity index (χ2v) is 3.74. The van der Waals surface area contributed by atoms with Crippen molar-refractivity contribution in [2.45, 2.75) is 18.9 Å². The monoisotopic (exact) mass is 175 g/mol. The van der Waals surface area contributed by atoms with Gasteiger partial charge in [0, 0.05) is 25.3 Å². The van der Waals surface area contributed by atoms with Gasteiger partial charge < -0.3 is 10.2 Å². The van der Waals surface area contributed by atoms with Crippen molar-refractivity contribution >= 4 is 11.4 Å². The van der Waals surface area contributed by atoms with Gasteiger partial charge in [-0.25, -0.2) is 0 Å². The van der Waals surface area contributed by atoms with E-state index in [1.54, 1.807) is 0 Å². The van der Waals surface area contributed by atoms with Gasteiger partial charge in [-0.1, -0.05) is 0 Å². The molecule has 1 saturated carbocycles. The third-order valence-electron chi connectivity index (χ3n) is 2.77. The van der Waals surface area contributed by atoms with Crippen LogP contribution in [0.1, 0.15) is 12.8 Å². The lowest BCUT2D eigenvalue weighted by atomic mass is 10.2. The van der Waals surface area contributed by atoms with Crippen LogP contribution in [0.25, 0.3) is 0 Å². The van der Waals surface area contributed by atoms with E-state index in [1.807, 2.05) is 12.4 Å². The maximum atomic E-state index is 4.18. The van der Waals surface area contributed by atoms with E-state index in [4.69, 9.17) is 0 Å². The molecule has 0 spiro atoms. The van der Waals surface area contributed by atoms with Crippen LogP contribution in [0.15, 0.2) is 18.5 Å². The first kappa shape index (κ1) is 7.18. The molecule has 3 heteroatoms. The Morgan fingerprint density at radius 1 is 1.46 bits per heavy atom. The van der Waals surface area contributed by atoms with Crippen molar-refractivity contribution in [1.29, 1.82) is 0 Å². The van der Waals surface area contributed by atoms with Gasteiger partial charge in [0.15, 0.2) is 0 Å². The lowest BCUT2D eigenvalue weighted by Gasteiger charge is -2.31. The zero-order chi connectivity index (χ0) is 8.67. The van der Waals surface area contributed by atoms with Crippen molar-refractivity contribution in [3.63, 3.8) is 0 Å². The normalized spacial score (nSPS) is 20.8. The number of fused-ring (bicyclic) bond motifs is 1. The Balaban J connectivity index is 2.00. The summed E-state index contributed by atoms with van der Waals surface area (Å²) in [5.74, 6) is 0. The molecule has 1 aliphatic carbocycles. The fraction of sp³-hybridized carbons (Fsp3) is 0.500. The van der Waals surface area contributed by atoms with E-state index in [9.17, 15) is 0 Å². The predicted molar refractivity (Wildman–Crippen MR) is 53.1 cm³/mol. The van der Waals surface area contributed by atoms with Crippen LogP contribution in [0.4, 0.5) is 11.4 Å². The van der Waals surface area contributed by atoms with Gasteiger partial charge in [0.2, 0.25) is 0 Å². The van der Waals surface area contributed by atoms with Crippen LogP contribution in [0.5, 0.6) is 0 Å². The standard InChI is InChI=1S/C10H13N3/c1-2-8(1)13-6-5-12-9-3-4-11-7-10(9)13/h3-4,7-8,12H,1-2,5-6H2. The van der Waals surface area contributed by atoms with Crippen molar-refractivity contribution in [2.75, 3.05) is 23.3 Å². The topological polar surface area (TPSA) is 28.2 Å². The Morgan fingerprint density at radius 2 is 2.38 bits per heavy atom. The highest BCUT2D eigenvalue weighted by Gasteiger charge is 2.31. The number of nitrogens with one attached hydrogen (secondary N) is 1. The maximum Gasteiger partial charge on any atom is 0.0791 e. The predicted octanol–water partition coefficient (Wildman–Crippen LogP) is 1.48. The smallest absolute Gasteiger partial charge is 0.0791 e. The van der Waals surface area contributed by atoms with Crippen LogP contribution in [-0.4, -0.2) is 24.1 Å². The minimum absolute atomic E-state index is 0.796. The molecule has 1 fully saturated rings. The minimum Gasteiger partial charge on any atom is -0.382 e. The molecular weight excluding hydrogens is 162 g/mol. The Morgan fingerprint density at radius 3 is 3.23 bits per heavy atom. The summed E-state index contributed by atoms with van der Waals surface area (Å²) < 4.78 is 0. The fourth-order valence-electron chi connectivity index (χ4n) is 1.96. The van der Waals surface area contributed by atoms with Crippen LogP contribution in [0.3, 0.4) is 0 Å². The molecule has 13 heavy (non-hydrogen) atoms. The van der Waals surface area contributed by atoms with Gasteiger partial charge >= 0.3 is 0 Å². The van der Waals surface area contributed by atoms with E-state index in [1.165, 1.54) is 24.2 Å². The molecule has 0 bridgehead atoms. The molecule has 0 saturated heterocycles. The molecule has 1 aromatic rings. The number of hydrogen-bond acceptors (Lipinski definition) is 3. The van der Waals surface area contributed by atoms with Gasteiger partial charge in [0.05, 0.1) is 17.6 Å². The summed E-state index contributed by atoms with van der Waals surface area (Å²) in [4.78, 5) is 6.66. The first-order valence-electron chi connectivity index (χ1n) is 4.90. The average Bonchev–Trinajstić information content (AvgIpc) is 3.00. The quantitative estimate of drug-likeness (QED) is 0.700. The lowest BCUT2D eigenvalue weighted by Crippen LogP contribution is -2.35. The molecule has 0 atom stereocenters. The molecule has 0 radical (unpaired) electrons. The summed E-state index contributed by atoms with van der Waals surface area (Å²) in [5, 5.41) is 3.39. The highest BCUT2D eigenvalue weighted by molar-refractivity contribution is 5.71. The van der Waals surface area contributed by atoms with E-state index < -0.39 is 0 Å². The summed E-state index contributed by atoms with van der Waals surface area (Å²) in [6, 6.07) is 2.86. The van der Waals surface area contributed by atoms with Crippen LogP contribution in [-0.2, 0) is 0 Å². The molecule has 1 aromatic heterocycles. The highest BCUT2D eigenvalue weighted by atomic mass is 15.2. The summed E-state index contributed by atoms with van der Waals surface area (Å²) >= 11 is 0. The second kappa shape index (κ2) is 2.62. The molecule has 3 nitrogen and oxygen atoms in total. The van der Waals surface area contributed by atoms with E-state index in [2.05, 4.69) is 21.3 Å².